The fraction of sp³-hybridized carbons (Fsp3) is 0.400. The van der Waals surface area contributed by atoms with Crippen LogP contribution < -0.4 is 4.74 Å². The molecule has 1 rings (SSSR count). The third-order valence-electron chi connectivity index (χ3n) is 2.08. The van der Waals surface area contributed by atoms with E-state index in [4.69, 9.17) is 11.6 Å². The molecular formula is C10H7ClF5NO3. The van der Waals surface area contributed by atoms with E-state index < -0.39 is 47.3 Å². The number of pyridine rings is 1. The van der Waals surface area contributed by atoms with E-state index in [0.717, 1.165) is 7.11 Å². The zero-order valence-electron chi connectivity index (χ0n) is 9.80. The number of carbonyl (C=O) groups excluding carboxylic acids is 1. The number of aromatic nitrogens is 1. The number of alkyl halides is 6. The molecule has 0 bridgehead atoms. The zero-order valence-corrected chi connectivity index (χ0v) is 10.6. The van der Waals surface area contributed by atoms with Crippen molar-refractivity contribution in [2.24, 2.45) is 0 Å². The SMILES string of the molecule is COC(=O)c1cc(OC(F)(F)F)nc(CCl)c1C(F)F. The van der Waals surface area contributed by atoms with Crippen LogP contribution >= 0.6 is 11.6 Å². The van der Waals surface area contributed by atoms with Crippen molar-refractivity contribution in [3.05, 3.63) is 22.9 Å². The van der Waals surface area contributed by atoms with Crippen LogP contribution in [-0.2, 0) is 10.6 Å². The van der Waals surface area contributed by atoms with Gasteiger partial charge in [-0.2, -0.15) is 0 Å². The van der Waals surface area contributed by atoms with Crippen molar-refractivity contribution in [1.29, 1.82) is 0 Å². The predicted molar refractivity (Wildman–Crippen MR) is 56.8 cm³/mol. The second-order valence-electron chi connectivity index (χ2n) is 3.34. The lowest BCUT2D eigenvalue weighted by Gasteiger charge is -2.14. The molecule has 0 aliphatic heterocycles. The third-order valence-corrected chi connectivity index (χ3v) is 2.34. The minimum Gasteiger partial charge on any atom is -0.465 e. The first-order chi connectivity index (χ1) is 9.19. The number of methoxy groups -OCH3 is 1. The lowest BCUT2D eigenvalue weighted by Crippen LogP contribution is -2.20. The number of ether oxygens (including phenoxy) is 2. The molecule has 0 N–H and O–H groups in total. The maximum Gasteiger partial charge on any atom is 0.574 e. The molecular weight excluding hydrogens is 313 g/mol. The van der Waals surface area contributed by atoms with E-state index in [1.165, 1.54) is 0 Å². The van der Waals surface area contributed by atoms with Gasteiger partial charge in [-0.25, -0.2) is 18.6 Å². The van der Waals surface area contributed by atoms with E-state index in [2.05, 4.69) is 14.5 Å². The van der Waals surface area contributed by atoms with Crippen molar-refractivity contribution in [3.63, 3.8) is 0 Å². The smallest absolute Gasteiger partial charge is 0.465 e. The van der Waals surface area contributed by atoms with Crippen molar-refractivity contribution < 1.29 is 36.2 Å². The van der Waals surface area contributed by atoms with Crippen LogP contribution in [0.5, 0.6) is 5.88 Å². The molecule has 4 nitrogen and oxygen atoms in total. The normalized spacial score (nSPS) is 11.6. The molecule has 0 aromatic carbocycles. The minimum atomic E-state index is -5.09. The van der Waals surface area contributed by atoms with Crippen LogP contribution in [0.2, 0.25) is 0 Å². The van der Waals surface area contributed by atoms with Crippen LogP contribution in [0.1, 0.15) is 28.0 Å². The van der Waals surface area contributed by atoms with Crippen molar-refractivity contribution in [2.75, 3.05) is 7.11 Å². The van der Waals surface area contributed by atoms with Gasteiger partial charge in [0.05, 0.1) is 29.8 Å². The van der Waals surface area contributed by atoms with Crippen molar-refractivity contribution in [3.8, 4) is 5.88 Å². The minimum absolute atomic E-state index is 0.427. The summed E-state index contributed by atoms with van der Waals surface area (Å²) in [5, 5.41) is 0. The summed E-state index contributed by atoms with van der Waals surface area (Å²) in [7, 11) is 0.892. The molecule has 0 aliphatic rings. The molecule has 1 heterocycles. The molecule has 0 saturated carbocycles. The maximum absolute atomic E-state index is 12.9. The number of esters is 1. The second-order valence-corrected chi connectivity index (χ2v) is 3.61. The van der Waals surface area contributed by atoms with Gasteiger partial charge in [0.25, 0.3) is 6.43 Å². The fourth-order valence-corrected chi connectivity index (χ4v) is 1.58. The van der Waals surface area contributed by atoms with Crippen LogP contribution in [0.3, 0.4) is 0 Å². The van der Waals surface area contributed by atoms with Crippen molar-refractivity contribution >= 4 is 17.6 Å². The fourth-order valence-electron chi connectivity index (χ4n) is 1.38. The Balaban J connectivity index is 3.43. The van der Waals surface area contributed by atoms with E-state index in [0.29, 0.717) is 6.07 Å². The zero-order chi connectivity index (χ0) is 15.5. The summed E-state index contributed by atoms with van der Waals surface area (Å²) in [5.74, 6) is -2.95. The first-order valence-corrected chi connectivity index (χ1v) is 5.45. The molecule has 0 amide bonds. The first-order valence-electron chi connectivity index (χ1n) is 4.91. The summed E-state index contributed by atoms with van der Waals surface area (Å²) in [6.07, 6.45) is -8.25. The van der Waals surface area contributed by atoms with Crippen LogP contribution in [0.4, 0.5) is 22.0 Å². The van der Waals surface area contributed by atoms with Gasteiger partial charge in [-0.3, -0.25) is 0 Å². The molecule has 112 valence electrons. The van der Waals surface area contributed by atoms with Gasteiger partial charge in [0.1, 0.15) is 0 Å². The predicted octanol–water partition coefficient (Wildman–Crippen LogP) is 3.44. The van der Waals surface area contributed by atoms with Gasteiger partial charge in [0.2, 0.25) is 5.88 Å². The van der Waals surface area contributed by atoms with Crippen LogP contribution in [0.25, 0.3) is 0 Å². The standard InChI is InChI=1S/C10H7ClF5NO3/c1-19-9(18)4-2-6(20-10(14,15)16)17-5(3-11)7(4)8(12)13/h2,8H,3H2,1H3. The van der Waals surface area contributed by atoms with Gasteiger partial charge < -0.3 is 9.47 Å². The summed E-state index contributed by atoms with van der Waals surface area (Å²) in [4.78, 5) is 14.6. The van der Waals surface area contributed by atoms with Gasteiger partial charge in [-0.05, 0) is 0 Å². The van der Waals surface area contributed by atoms with Crippen LogP contribution in [0.15, 0.2) is 6.07 Å². The largest absolute Gasteiger partial charge is 0.574 e. The number of halogens is 6. The summed E-state index contributed by atoms with van der Waals surface area (Å²) in [5.41, 5.74) is -2.27. The lowest BCUT2D eigenvalue weighted by atomic mass is 10.1. The third kappa shape index (κ3) is 3.92. The summed E-state index contributed by atoms with van der Waals surface area (Å²) in [6, 6.07) is 0.427. The Morgan fingerprint density at radius 3 is 2.45 bits per heavy atom. The topological polar surface area (TPSA) is 48.4 Å². The Hall–Kier alpha value is -1.64. The number of hydrogen-bond acceptors (Lipinski definition) is 4. The van der Waals surface area contributed by atoms with Crippen molar-refractivity contribution in [2.45, 2.75) is 18.7 Å². The average molecular weight is 320 g/mol. The van der Waals surface area contributed by atoms with E-state index in [9.17, 15) is 26.7 Å². The summed E-state index contributed by atoms with van der Waals surface area (Å²) < 4.78 is 69.7. The Labute approximate surface area is 114 Å². The van der Waals surface area contributed by atoms with Crippen LogP contribution in [0, 0.1) is 0 Å². The molecule has 20 heavy (non-hydrogen) atoms. The molecule has 10 heteroatoms. The highest BCUT2D eigenvalue weighted by atomic mass is 35.5. The highest BCUT2D eigenvalue weighted by molar-refractivity contribution is 6.17. The molecule has 1 aromatic rings. The number of carbonyl (C=O) groups is 1. The lowest BCUT2D eigenvalue weighted by molar-refractivity contribution is -0.276. The quantitative estimate of drug-likeness (QED) is 0.484. The average Bonchev–Trinajstić information content (AvgIpc) is 2.34. The molecule has 0 saturated heterocycles. The van der Waals surface area contributed by atoms with Gasteiger partial charge in [0.15, 0.2) is 0 Å². The van der Waals surface area contributed by atoms with Crippen LogP contribution in [-0.4, -0.2) is 24.4 Å². The van der Waals surface area contributed by atoms with E-state index >= 15 is 0 Å². The molecule has 0 spiro atoms. The molecule has 0 radical (unpaired) electrons. The van der Waals surface area contributed by atoms with Gasteiger partial charge >= 0.3 is 12.3 Å². The van der Waals surface area contributed by atoms with E-state index in [-0.39, 0.29) is 0 Å². The first kappa shape index (κ1) is 16.4. The maximum atomic E-state index is 12.9. The molecule has 1 aromatic heterocycles. The Bertz CT molecular complexity index is 506. The second kappa shape index (κ2) is 6.21. The summed E-state index contributed by atoms with van der Waals surface area (Å²) in [6.45, 7) is 0. The highest BCUT2D eigenvalue weighted by Gasteiger charge is 2.34. The summed E-state index contributed by atoms with van der Waals surface area (Å²) >= 11 is 5.35. The number of hydrogen-bond donors (Lipinski definition) is 0. The number of nitrogens with zero attached hydrogens (tertiary/aromatic N) is 1. The Morgan fingerprint density at radius 2 is 2.05 bits per heavy atom. The van der Waals surface area contributed by atoms with Gasteiger partial charge in [-0.1, -0.05) is 0 Å². The Morgan fingerprint density at radius 1 is 1.45 bits per heavy atom. The highest BCUT2D eigenvalue weighted by Crippen LogP contribution is 2.31. The monoisotopic (exact) mass is 319 g/mol. The molecule has 0 fully saturated rings. The van der Waals surface area contributed by atoms with Crippen molar-refractivity contribution in [1.82, 2.24) is 4.98 Å². The molecule has 0 unspecified atom stereocenters. The van der Waals surface area contributed by atoms with E-state index in [1.807, 2.05) is 0 Å². The number of rotatable bonds is 4. The van der Waals surface area contributed by atoms with Gasteiger partial charge in [0, 0.05) is 6.07 Å². The molecule has 0 aliphatic carbocycles. The Kier molecular flexibility index (Phi) is 5.09. The van der Waals surface area contributed by atoms with Gasteiger partial charge in [-0.15, -0.1) is 24.8 Å². The van der Waals surface area contributed by atoms with E-state index in [1.54, 1.807) is 0 Å². The molecule has 0 atom stereocenters.